The van der Waals surface area contributed by atoms with Gasteiger partial charge in [-0.15, -0.1) is 0 Å². The predicted octanol–water partition coefficient (Wildman–Crippen LogP) is 2.12. The first kappa shape index (κ1) is 14.3. The van der Waals surface area contributed by atoms with Gasteiger partial charge in [-0.2, -0.15) is 0 Å². The second-order valence-electron chi connectivity index (χ2n) is 6.44. The van der Waals surface area contributed by atoms with Crippen LogP contribution in [0.15, 0.2) is 0 Å². The van der Waals surface area contributed by atoms with Crippen LogP contribution in [0.5, 0.6) is 0 Å². The second kappa shape index (κ2) is 6.36. The first-order valence-corrected chi connectivity index (χ1v) is 7.61. The van der Waals surface area contributed by atoms with Gasteiger partial charge < -0.3 is 15.0 Å². The van der Waals surface area contributed by atoms with E-state index in [1.54, 1.807) is 0 Å². The summed E-state index contributed by atoms with van der Waals surface area (Å²) in [5.74, 6) is 1.70. The van der Waals surface area contributed by atoms with Crippen LogP contribution in [-0.4, -0.2) is 50.3 Å². The Morgan fingerprint density at radius 1 is 1.22 bits per heavy atom. The van der Waals surface area contributed by atoms with Gasteiger partial charge in [-0.05, 0) is 58.5 Å². The summed E-state index contributed by atoms with van der Waals surface area (Å²) in [4.78, 5) is 2.55. The van der Waals surface area contributed by atoms with E-state index in [1.165, 1.54) is 32.2 Å². The molecule has 0 radical (unpaired) electrons. The average molecular weight is 254 g/mol. The Labute approximate surface area is 112 Å². The fourth-order valence-electron chi connectivity index (χ4n) is 3.89. The highest BCUT2D eigenvalue weighted by Crippen LogP contribution is 2.30. The van der Waals surface area contributed by atoms with Crippen LogP contribution < -0.4 is 5.32 Å². The van der Waals surface area contributed by atoms with E-state index in [9.17, 15) is 0 Å². The molecule has 18 heavy (non-hydrogen) atoms. The molecule has 3 nitrogen and oxygen atoms in total. The largest absolute Gasteiger partial charge is 0.377 e. The Hall–Kier alpha value is -0.120. The maximum absolute atomic E-state index is 5.69. The molecule has 1 saturated heterocycles. The van der Waals surface area contributed by atoms with Crippen LogP contribution in [0.1, 0.15) is 39.5 Å². The van der Waals surface area contributed by atoms with Crippen LogP contribution in [0.4, 0.5) is 0 Å². The van der Waals surface area contributed by atoms with Gasteiger partial charge in [-0.25, -0.2) is 0 Å². The molecule has 3 heteroatoms. The van der Waals surface area contributed by atoms with Gasteiger partial charge in [-0.3, -0.25) is 0 Å². The molecule has 0 aromatic carbocycles. The molecule has 5 atom stereocenters. The molecule has 0 aromatic heterocycles. The monoisotopic (exact) mass is 254 g/mol. The predicted molar refractivity (Wildman–Crippen MR) is 75.8 cm³/mol. The minimum Gasteiger partial charge on any atom is -0.377 e. The number of nitrogens with zero attached hydrogens (tertiary/aromatic N) is 1. The first-order valence-electron chi connectivity index (χ1n) is 7.61. The molecule has 0 spiro atoms. The minimum absolute atomic E-state index is 0.407. The van der Waals surface area contributed by atoms with Crippen molar-refractivity contribution in [2.75, 3.05) is 27.2 Å². The normalized spacial score (nSPS) is 41.5. The molecule has 0 bridgehead atoms. The Morgan fingerprint density at radius 2 is 2.00 bits per heavy atom. The summed E-state index contributed by atoms with van der Waals surface area (Å²) < 4.78 is 5.69. The molecule has 1 heterocycles. The minimum atomic E-state index is 0.407. The standard InChI is InChI=1S/C15H30N2O/c1-11-5-6-14(16-3)13(9-11)10-17(4)15-7-8-18-12(15)2/h11-16H,5-10H2,1-4H3. The SMILES string of the molecule is CNC1CCC(C)CC1CN(C)C1CCOC1C. The average Bonchev–Trinajstić information content (AvgIpc) is 2.76. The maximum Gasteiger partial charge on any atom is 0.0702 e. The van der Waals surface area contributed by atoms with Crippen LogP contribution in [0, 0.1) is 11.8 Å². The Morgan fingerprint density at radius 3 is 2.61 bits per heavy atom. The van der Waals surface area contributed by atoms with E-state index in [1.807, 2.05) is 0 Å². The molecular weight excluding hydrogens is 224 g/mol. The molecule has 1 aliphatic heterocycles. The summed E-state index contributed by atoms with van der Waals surface area (Å²) in [5, 5.41) is 3.52. The number of rotatable bonds is 4. The topological polar surface area (TPSA) is 24.5 Å². The lowest BCUT2D eigenvalue weighted by molar-refractivity contribution is 0.0684. The zero-order valence-corrected chi connectivity index (χ0v) is 12.5. The van der Waals surface area contributed by atoms with Crippen molar-refractivity contribution in [3.63, 3.8) is 0 Å². The van der Waals surface area contributed by atoms with Crippen molar-refractivity contribution in [2.24, 2.45) is 11.8 Å². The van der Waals surface area contributed by atoms with Crippen molar-refractivity contribution in [1.82, 2.24) is 10.2 Å². The lowest BCUT2D eigenvalue weighted by atomic mass is 9.78. The van der Waals surface area contributed by atoms with Crippen molar-refractivity contribution in [3.05, 3.63) is 0 Å². The lowest BCUT2D eigenvalue weighted by Crippen LogP contribution is -2.47. The van der Waals surface area contributed by atoms with Crippen LogP contribution >= 0.6 is 0 Å². The van der Waals surface area contributed by atoms with E-state index >= 15 is 0 Å². The van der Waals surface area contributed by atoms with Gasteiger partial charge in [0, 0.05) is 25.2 Å². The van der Waals surface area contributed by atoms with E-state index in [2.05, 4.69) is 38.2 Å². The summed E-state index contributed by atoms with van der Waals surface area (Å²) >= 11 is 0. The van der Waals surface area contributed by atoms with Crippen molar-refractivity contribution in [1.29, 1.82) is 0 Å². The molecule has 0 amide bonds. The summed E-state index contributed by atoms with van der Waals surface area (Å²) in [7, 11) is 4.40. The van der Waals surface area contributed by atoms with Gasteiger partial charge in [0.25, 0.3) is 0 Å². The van der Waals surface area contributed by atoms with Crippen LogP contribution in [0.3, 0.4) is 0 Å². The number of hydrogen-bond acceptors (Lipinski definition) is 3. The molecule has 0 aromatic rings. The number of likely N-dealkylation sites (N-methyl/N-ethyl adjacent to an activating group) is 1. The zero-order valence-electron chi connectivity index (χ0n) is 12.5. The van der Waals surface area contributed by atoms with Crippen molar-refractivity contribution < 1.29 is 4.74 Å². The fourth-order valence-corrected chi connectivity index (χ4v) is 3.89. The van der Waals surface area contributed by atoms with Gasteiger partial charge in [0.1, 0.15) is 0 Å². The highest BCUT2D eigenvalue weighted by atomic mass is 16.5. The van der Waals surface area contributed by atoms with Crippen molar-refractivity contribution in [2.45, 2.75) is 57.7 Å². The van der Waals surface area contributed by atoms with E-state index < -0.39 is 0 Å². The number of ether oxygens (including phenoxy) is 1. The molecular formula is C15H30N2O. The van der Waals surface area contributed by atoms with E-state index in [4.69, 9.17) is 4.74 Å². The summed E-state index contributed by atoms with van der Waals surface area (Å²) in [6.45, 7) is 6.77. The molecule has 1 saturated carbocycles. The van der Waals surface area contributed by atoms with Crippen LogP contribution in [0.25, 0.3) is 0 Å². The molecule has 5 unspecified atom stereocenters. The molecule has 2 rings (SSSR count). The molecule has 1 N–H and O–H groups in total. The Balaban J connectivity index is 1.89. The van der Waals surface area contributed by atoms with Crippen molar-refractivity contribution >= 4 is 0 Å². The second-order valence-corrected chi connectivity index (χ2v) is 6.44. The van der Waals surface area contributed by atoms with Crippen LogP contribution in [0.2, 0.25) is 0 Å². The van der Waals surface area contributed by atoms with Gasteiger partial charge in [0.15, 0.2) is 0 Å². The highest BCUT2D eigenvalue weighted by molar-refractivity contribution is 4.87. The lowest BCUT2D eigenvalue weighted by Gasteiger charge is -2.39. The van der Waals surface area contributed by atoms with E-state index in [0.717, 1.165) is 18.4 Å². The van der Waals surface area contributed by atoms with Crippen molar-refractivity contribution in [3.8, 4) is 0 Å². The summed E-state index contributed by atoms with van der Waals surface area (Å²) in [6, 6.07) is 1.33. The van der Waals surface area contributed by atoms with Gasteiger partial charge in [0.05, 0.1) is 6.10 Å². The fraction of sp³-hybridized carbons (Fsp3) is 1.00. The number of nitrogens with one attached hydrogen (secondary N) is 1. The quantitative estimate of drug-likeness (QED) is 0.832. The smallest absolute Gasteiger partial charge is 0.0702 e. The summed E-state index contributed by atoms with van der Waals surface area (Å²) in [5.41, 5.74) is 0. The molecule has 1 aliphatic carbocycles. The molecule has 106 valence electrons. The Bertz CT molecular complexity index is 259. The van der Waals surface area contributed by atoms with Crippen LogP contribution in [-0.2, 0) is 4.74 Å². The Kier molecular flexibility index (Phi) is 5.05. The number of hydrogen-bond donors (Lipinski definition) is 1. The molecule has 2 fully saturated rings. The third-order valence-corrected chi connectivity index (χ3v) is 5.04. The zero-order chi connectivity index (χ0) is 13.1. The summed E-state index contributed by atoms with van der Waals surface area (Å²) in [6.07, 6.45) is 5.70. The first-order chi connectivity index (χ1) is 8.61. The van der Waals surface area contributed by atoms with E-state index in [-0.39, 0.29) is 0 Å². The maximum atomic E-state index is 5.69. The van der Waals surface area contributed by atoms with Gasteiger partial charge in [0.2, 0.25) is 0 Å². The third-order valence-electron chi connectivity index (χ3n) is 5.04. The van der Waals surface area contributed by atoms with Gasteiger partial charge >= 0.3 is 0 Å². The van der Waals surface area contributed by atoms with E-state index in [0.29, 0.717) is 18.2 Å². The third kappa shape index (κ3) is 3.25. The van der Waals surface area contributed by atoms with Gasteiger partial charge in [-0.1, -0.05) is 6.92 Å². The molecule has 2 aliphatic rings. The highest BCUT2D eigenvalue weighted by Gasteiger charge is 2.33.